The van der Waals surface area contributed by atoms with Crippen LogP contribution in [0.4, 0.5) is 0 Å². The van der Waals surface area contributed by atoms with Gasteiger partial charge in [0, 0.05) is 25.6 Å². The number of nitrogens with zero attached hydrogens (tertiary/aromatic N) is 1. The molecule has 0 radical (unpaired) electrons. The van der Waals surface area contributed by atoms with Crippen molar-refractivity contribution in [2.24, 2.45) is 18.7 Å². The monoisotopic (exact) mass is 250 g/mol. The normalized spacial score (nSPS) is 14.9. The minimum absolute atomic E-state index is 0.0119. The van der Waals surface area contributed by atoms with Crippen LogP contribution in [-0.4, -0.2) is 16.3 Å². The van der Waals surface area contributed by atoms with Crippen LogP contribution in [0, 0.1) is 5.92 Å². The van der Waals surface area contributed by atoms with Crippen molar-refractivity contribution >= 4 is 11.1 Å². The van der Waals surface area contributed by atoms with Crippen molar-refractivity contribution in [3.63, 3.8) is 0 Å². The van der Waals surface area contributed by atoms with Gasteiger partial charge in [-0.1, -0.05) is 13.0 Å². The summed E-state index contributed by atoms with van der Waals surface area (Å²) >= 11 is 0. The van der Waals surface area contributed by atoms with Crippen LogP contribution in [0.5, 0.6) is 0 Å². The molecule has 2 aromatic rings. The molecule has 2 atom stereocenters. The maximum atomic E-state index is 11.4. The van der Waals surface area contributed by atoms with Crippen molar-refractivity contribution in [1.29, 1.82) is 0 Å². The molecule has 1 heterocycles. The van der Waals surface area contributed by atoms with Crippen molar-refractivity contribution < 1.29 is 9.52 Å². The Labute approximate surface area is 105 Å². The lowest BCUT2D eigenvalue weighted by atomic mass is 9.92. The average molecular weight is 250 g/mol. The van der Waals surface area contributed by atoms with Gasteiger partial charge >= 0.3 is 5.76 Å². The molecule has 98 valence electrons. The minimum Gasteiger partial charge on any atom is -0.408 e. The van der Waals surface area contributed by atoms with E-state index in [0.29, 0.717) is 5.58 Å². The summed E-state index contributed by atoms with van der Waals surface area (Å²) in [7, 11) is 1.66. The second kappa shape index (κ2) is 4.96. The molecule has 5 nitrogen and oxygen atoms in total. The van der Waals surface area contributed by atoms with Gasteiger partial charge in [0.2, 0.25) is 0 Å². The van der Waals surface area contributed by atoms with Crippen LogP contribution >= 0.6 is 0 Å². The summed E-state index contributed by atoms with van der Waals surface area (Å²) in [5.74, 6) is -0.372. The molecular formula is C13H18N2O3. The Morgan fingerprint density at radius 2 is 2.22 bits per heavy atom. The molecule has 1 aromatic carbocycles. The SMILES string of the molecule is CCC(CO)C(N)c1ccc2c(c1)oc(=O)n2C. The fourth-order valence-electron chi connectivity index (χ4n) is 2.13. The Hall–Kier alpha value is -1.59. The molecular weight excluding hydrogens is 232 g/mol. The van der Waals surface area contributed by atoms with Gasteiger partial charge in [0.15, 0.2) is 5.58 Å². The molecule has 0 aliphatic rings. The van der Waals surface area contributed by atoms with Crippen LogP contribution in [0.2, 0.25) is 0 Å². The zero-order valence-corrected chi connectivity index (χ0v) is 10.6. The number of nitrogens with two attached hydrogens (primary N) is 1. The standard InChI is InChI=1S/C13H18N2O3/c1-3-8(7-16)12(14)9-4-5-10-11(6-9)18-13(17)15(10)2/h4-6,8,12,16H,3,7,14H2,1-2H3. The average Bonchev–Trinajstić information content (AvgIpc) is 2.66. The van der Waals surface area contributed by atoms with Gasteiger partial charge in [-0.05, 0) is 24.1 Å². The molecule has 0 amide bonds. The van der Waals surface area contributed by atoms with Crippen LogP contribution in [0.15, 0.2) is 27.4 Å². The van der Waals surface area contributed by atoms with E-state index in [4.69, 9.17) is 10.2 Å². The third-order valence-electron chi connectivity index (χ3n) is 3.47. The fourth-order valence-corrected chi connectivity index (χ4v) is 2.13. The van der Waals surface area contributed by atoms with Crippen LogP contribution in [-0.2, 0) is 7.05 Å². The first-order valence-corrected chi connectivity index (χ1v) is 6.04. The van der Waals surface area contributed by atoms with Crippen LogP contribution < -0.4 is 11.5 Å². The third-order valence-corrected chi connectivity index (χ3v) is 3.47. The third kappa shape index (κ3) is 2.07. The summed E-state index contributed by atoms with van der Waals surface area (Å²) in [5, 5.41) is 9.26. The van der Waals surface area contributed by atoms with E-state index in [0.717, 1.165) is 17.5 Å². The number of fused-ring (bicyclic) bond motifs is 1. The quantitative estimate of drug-likeness (QED) is 0.852. The Bertz CT molecular complexity index is 596. The minimum atomic E-state index is -0.384. The van der Waals surface area contributed by atoms with E-state index in [9.17, 15) is 9.90 Å². The molecule has 0 bridgehead atoms. The Balaban J connectivity index is 2.44. The number of rotatable bonds is 4. The summed E-state index contributed by atoms with van der Waals surface area (Å²) in [4.78, 5) is 11.4. The second-order valence-electron chi connectivity index (χ2n) is 4.53. The van der Waals surface area contributed by atoms with Gasteiger partial charge in [-0.15, -0.1) is 0 Å². The van der Waals surface area contributed by atoms with Gasteiger partial charge in [-0.2, -0.15) is 0 Å². The number of benzene rings is 1. The number of aliphatic hydroxyl groups is 1. The van der Waals surface area contributed by atoms with Crippen molar-refractivity contribution in [2.45, 2.75) is 19.4 Å². The zero-order valence-electron chi connectivity index (χ0n) is 10.6. The number of hydrogen-bond acceptors (Lipinski definition) is 4. The van der Waals surface area contributed by atoms with Crippen molar-refractivity contribution in [1.82, 2.24) is 4.57 Å². The van der Waals surface area contributed by atoms with Gasteiger partial charge in [0.1, 0.15) is 0 Å². The lowest BCUT2D eigenvalue weighted by molar-refractivity contribution is 0.200. The maximum Gasteiger partial charge on any atom is 0.419 e. The van der Waals surface area contributed by atoms with Crippen molar-refractivity contribution in [2.75, 3.05) is 6.61 Å². The largest absolute Gasteiger partial charge is 0.419 e. The molecule has 0 fully saturated rings. The summed E-state index contributed by atoms with van der Waals surface area (Å²) in [5.41, 5.74) is 8.26. The van der Waals surface area contributed by atoms with E-state index in [1.807, 2.05) is 19.1 Å². The van der Waals surface area contributed by atoms with E-state index in [1.165, 1.54) is 4.57 Å². The van der Waals surface area contributed by atoms with Crippen molar-refractivity contribution in [3.05, 3.63) is 34.3 Å². The Morgan fingerprint density at radius 3 is 2.83 bits per heavy atom. The van der Waals surface area contributed by atoms with E-state index in [-0.39, 0.29) is 24.3 Å². The topological polar surface area (TPSA) is 81.4 Å². The lowest BCUT2D eigenvalue weighted by Crippen LogP contribution is -2.23. The number of aromatic nitrogens is 1. The van der Waals surface area contributed by atoms with Gasteiger partial charge in [0.05, 0.1) is 5.52 Å². The van der Waals surface area contributed by atoms with Crippen LogP contribution in [0.25, 0.3) is 11.1 Å². The smallest absolute Gasteiger partial charge is 0.408 e. The van der Waals surface area contributed by atoms with Gasteiger partial charge in [0.25, 0.3) is 0 Å². The molecule has 0 spiro atoms. The molecule has 1 aromatic heterocycles. The van der Waals surface area contributed by atoms with E-state index < -0.39 is 0 Å². The summed E-state index contributed by atoms with van der Waals surface area (Å²) in [6, 6.07) is 5.22. The second-order valence-corrected chi connectivity index (χ2v) is 4.53. The first-order valence-electron chi connectivity index (χ1n) is 6.04. The summed E-state index contributed by atoms with van der Waals surface area (Å²) < 4.78 is 6.58. The molecule has 0 aliphatic carbocycles. The molecule has 2 unspecified atom stereocenters. The van der Waals surface area contributed by atoms with Gasteiger partial charge in [-0.3, -0.25) is 4.57 Å². The summed E-state index contributed by atoms with van der Waals surface area (Å²) in [6.45, 7) is 2.04. The van der Waals surface area contributed by atoms with E-state index in [2.05, 4.69) is 0 Å². The van der Waals surface area contributed by atoms with Crippen LogP contribution in [0.1, 0.15) is 24.9 Å². The highest BCUT2D eigenvalue weighted by Crippen LogP contribution is 2.24. The lowest BCUT2D eigenvalue weighted by Gasteiger charge is -2.20. The van der Waals surface area contributed by atoms with E-state index in [1.54, 1.807) is 13.1 Å². The molecule has 3 N–H and O–H groups in total. The summed E-state index contributed by atoms with van der Waals surface area (Å²) in [6.07, 6.45) is 0.800. The highest BCUT2D eigenvalue weighted by Gasteiger charge is 2.18. The van der Waals surface area contributed by atoms with Crippen molar-refractivity contribution in [3.8, 4) is 0 Å². The molecule has 0 saturated carbocycles. The zero-order chi connectivity index (χ0) is 13.3. The number of aryl methyl sites for hydroxylation is 1. The fraction of sp³-hybridized carbons (Fsp3) is 0.462. The molecule has 0 aliphatic heterocycles. The Kier molecular flexibility index (Phi) is 3.54. The van der Waals surface area contributed by atoms with Crippen LogP contribution in [0.3, 0.4) is 0 Å². The molecule has 5 heteroatoms. The first-order chi connectivity index (χ1) is 8.58. The number of aliphatic hydroxyl groups excluding tert-OH is 1. The molecule has 18 heavy (non-hydrogen) atoms. The maximum absolute atomic E-state index is 11.4. The Morgan fingerprint density at radius 1 is 1.50 bits per heavy atom. The molecule has 0 saturated heterocycles. The number of oxazole rings is 1. The number of hydrogen-bond donors (Lipinski definition) is 2. The van der Waals surface area contributed by atoms with Gasteiger partial charge < -0.3 is 15.3 Å². The first kappa shape index (κ1) is 12.9. The highest BCUT2D eigenvalue weighted by molar-refractivity contribution is 5.73. The highest BCUT2D eigenvalue weighted by atomic mass is 16.4. The predicted molar refractivity (Wildman–Crippen MR) is 69.3 cm³/mol. The molecule has 2 rings (SSSR count). The van der Waals surface area contributed by atoms with Gasteiger partial charge in [-0.25, -0.2) is 4.79 Å². The predicted octanol–water partition coefficient (Wildman–Crippen LogP) is 1.15. The van der Waals surface area contributed by atoms with E-state index >= 15 is 0 Å².